The van der Waals surface area contributed by atoms with E-state index in [4.69, 9.17) is 16.3 Å². The molecule has 5 nitrogen and oxygen atoms in total. The van der Waals surface area contributed by atoms with Crippen LogP contribution in [0, 0.1) is 23.1 Å². The molecule has 0 spiro atoms. The van der Waals surface area contributed by atoms with Gasteiger partial charge in [-0.3, -0.25) is 4.79 Å². The Labute approximate surface area is 210 Å². The first-order valence-corrected chi connectivity index (χ1v) is 13.0. The molecule has 2 rings (SSSR count). The van der Waals surface area contributed by atoms with Crippen molar-refractivity contribution in [2.24, 2.45) is 17.3 Å². The normalized spacial score (nSPS) is 19.6. The third-order valence-electron chi connectivity index (χ3n) is 6.88. The molecule has 0 unspecified atom stereocenters. The number of aliphatic hydroxyl groups is 1. The second-order valence-corrected chi connectivity index (χ2v) is 11.5. The molecule has 1 aliphatic rings. The summed E-state index contributed by atoms with van der Waals surface area (Å²) in [6.07, 6.45) is 4.81. The Kier molecular flexibility index (Phi) is 11.3. The highest BCUT2D eigenvalue weighted by Crippen LogP contribution is 2.42. The summed E-state index contributed by atoms with van der Waals surface area (Å²) in [5, 5.41) is 15.2. The summed E-state index contributed by atoms with van der Waals surface area (Å²) in [6, 6.07) is 4.81. The molecule has 1 saturated heterocycles. The van der Waals surface area contributed by atoms with Gasteiger partial charge in [-0.15, -0.1) is 0 Å². The van der Waals surface area contributed by atoms with E-state index in [0.717, 1.165) is 32.2 Å². The van der Waals surface area contributed by atoms with Crippen molar-refractivity contribution < 1.29 is 19.0 Å². The Hall–Kier alpha value is -1.21. The number of likely N-dealkylation sites (tertiary alicyclic amines) is 1. The molecule has 7 heteroatoms. The molecule has 2 N–H and O–H groups in total. The first-order valence-electron chi connectivity index (χ1n) is 12.6. The number of hydrogen-bond acceptors (Lipinski definition) is 4. The number of rotatable bonds is 12. The van der Waals surface area contributed by atoms with E-state index in [1.807, 2.05) is 11.9 Å². The number of methoxy groups -OCH3 is 1. The summed E-state index contributed by atoms with van der Waals surface area (Å²) < 4.78 is 20.2. The maximum atomic E-state index is 15.1. The number of benzene rings is 1. The molecule has 1 aromatic carbocycles. The van der Waals surface area contributed by atoms with Crippen LogP contribution in [0.3, 0.4) is 0 Å². The number of amides is 1. The molecule has 1 amide bonds. The monoisotopic (exact) mass is 498 g/mol. The van der Waals surface area contributed by atoms with Gasteiger partial charge in [0, 0.05) is 44.7 Å². The summed E-state index contributed by atoms with van der Waals surface area (Å²) in [5.74, 6) is -0.467. The van der Waals surface area contributed by atoms with Crippen LogP contribution in [0.15, 0.2) is 18.2 Å². The molecule has 1 fully saturated rings. The molecule has 1 aliphatic heterocycles. The maximum absolute atomic E-state index is 15.1. The van der Waals surface area contributed by atoms with Crippen LogP contribution >= 0.6 is 11.6 Å². The van der Waals surface area contributed by atoms with E-state index in [1.54, 1.807) is 19.2 Å². The molecule has 0 saturated carbocycles. The van der Waals surface area contributed by atoms with E-state index in [2.05, 4.69) is 26.1 Å². The molecule has 1 heterocycles. The summed E-state index contributed by atoms with van der Waals surface area (Å²) in [5.41, 5.74) is -1.02. The van der Waals surface area contributed by atoms with Crippen LogP contribution < -0.4 is 5.32 Å². The van der Waals surface area contributed by atoms with Crippen LogP contribution in [0.4, 0.5) is 4.39 Å². The summed E-state index contributed by atoms with van der Waals surface area (Å²) in [7, 11) is 3.56. The fraction of sp³-hybridized carbons (Fsp3) is 0.741. The van der Waals surface area contributed by atoms with Crippen molar-refractivity contribution in [3.63, 3.8) is 0 Å². The summed E-state index contributed by atoms with van der Waals surface area (Å²) >= 11 is 6.08. The predicted molar refractivity (Wildman–Crippen MR) is 136 cm³/mol. The Morgan fingerprint density at radius 1 is 1.35 bits per heavy atom. The molecule has 1 aromatic rings. The SMILES string of the molecule is CNC[C@@H](CC(=O)N1CCC[C@@H]([C@@](O)(CCCCOC)c2cccc(Cl)c2F)C1)CC(C)(C)C. The first kappa shape index (κ1) is 29.0. The predicted octanol–water partition coefficient (Wildman–Crippen LogP) is 5.38. The van der Waals surface area contributed by atoms with E-state index < -0.39 is 11.4 Å². The summed E-state index contributed by atoms with van der Waals surface area (Å²) in [4.78, 5) is 15.2. The van der Waals surface area contributed by atoms with Gasteiger partial charge in [-0.1, -0.05) is 44.5 Å². The fourth-order valence-corrected chi connectivity index (χ4v) is 5.55. The molecular weight excluding hydrogens is 455 g/mol. The van der Waals surface area contributed by atoms with Crippen molar-refractivity contribution in [3.8, 4) is 0 Å². The number of carbonyl (C=O) groups is 1. The number of hydrogen-bond donors (Lipinski definition) is 2. The Morgan fingerprint density at radius 3 is 2.74 bits per heavy atom. The van der Waals surface area contributed by atoms with Crippen LogP contribution in [0.25, 0.3) is 0 Å². The quantitative estimate of drug-likeness (QED) is 0.379. The number of unbranched alkanes of at least 4 members (excludes halogenated alkanes) is 1. The number of nitrogens with one attached hydrogen (secondary N) is 1. The van der Waals surface area contributed by atoms with E-state index in [-0.39, 0.29) is 33.7 Å². The average Bonchev–Trinajstić information content (AvgIpc) is 2.77. The lowest BCUT2D eigenvalue weighted by molar-refractivity contribution is -0.138. The van der Waals surface area contributed by atoms with Gasteiger partial charge in [-0.05, 0) is 69.5 Å². The van der Waals surface area contributed by atoms with Gasteiger partial charge in [0.25, 0.3) is 0 Å². The number of piperidine rings is 1. The summed E-state index contributed by atoms with van der Waals surface area (Å²) in [6.45, 7) is 9.06. The van der Waals surface area contributed by atoms with Gasteiger partial charge in [-0.2, -0.15) is 0 Å². The zero-order chi connectivity index (χ0) is 25.4. The highest BCUT2D eigenvalue weighted by molar-refractivity contribution is 6.30. The lowest BCUT2D eigenvalue weighted by atomic mass is 9.73. The zero-order valence-corrected chi connectivity index (χ0v) is 22.4. The first-order chi connectivity index (χ1) is 16.0. The molecule has 0 bridgehead atoms. The van der Waals surface area contributed by atoms with Crippen molar-refractivity contribution >= 4 is 17.5 Å². The van der Waals surface area contributed by atoms with Gasteiger partial charge in [0.15, 0.2) is 0 Å². The lowest BCUT2D eigenvalue weighted by Gasteiger charge is -2.43. The van der Waals surface area contributed by atoms with Gasteiger partial charge in [-0.25, -0.2) is 4.39 Å². The third kappa shape index (κ3) is 8.18. The van der Waals surface area contributed by atoms with Gasteiger partial charge >= 0.3 is 0 Å². The minimum atomic E-state index is -1.39. The number of ether oxygens (including phenoxy) is 1. The van der Waals surface area contributed by atoms with Gasteiger partial charge in [0.2, 0.25) is 5.91 Å². The van der Waals surface area contributed by atoms with Crippen LogP contribution in [0.5, 0.6) is 0 Å². The molecule has 0 aromatic heterocycles. The highest BCUT2D eigenvalue weighted by atomic mass is 35.5. The Balaban J connectivity index is 2.22. The Morgan fingerprint density at radius 2 is 2.09 bits per heavy atom. The second kappa shape index (κ2) is 13.2. The van der Waals surface area contributed by atoms with E-state index >= 15 is 4.39 Å². The van der Waals surface area contributed by atoms with Gasteiger partial charge in [0.1, 0.15) is 5.82 Å². The van der Waals surface area contributed by atoms with Crippen molar-refractivity contribution in [3.05, 3.63) is 34.6 Å². The third-order valence-corrected chi connectivity index (χ3v) is 7.17. The fourth-order valence-electron chi connectivity index (χ4n) is 5.38. The standard InChI is InChI=1S/C27H44ClFN2O3/c1-26(2,3)17-20(18-30-4)16-24(32)31-14-9-10-21(19-31)27(33,13-6-7-15-34-5)22-11-8-12-23(28)25(22)29/h8,11-12,20-21,30,33H,6-7,9-10,13-19H2,1-5H3/t20-,21+,27-/m0/s1. The van der Waals surface area contributed by atoms with Gasteiger partial charge in [0.05, 0.1) is 10.6 Å². The van der Waals surface area contributed by atoms with Crippen molar-refractivity contribution in [1.29, 1.82) is 0 Å². The van der Waals surface area contributed by atoms with Crippen LogP contribution in [0.2, 0.25) is 5.02 Å². The minimum Gasteiger partial charge on any atom is -0.385 e. The van der Waals surface area contributed by atoms with Crippen molar-refractivity contribution in [2.45, 2.75) is 71.3 Å². The Bertz CT molecular complexity index is 786. The molecule has 0 radical (unpaired) electrons. The largest absolute Gasteiger partial charge is 0.385 e. The molecule has 34 heavy (non-hydrogen) atoms. The average molecular weight is 499 g/mol. The second-order valence-electron chi connectivity index (χ2n) is 11.0. The van der Waals surface area contributed by atoms with E-state index in [9.17, 15) is 9.90 Å². The molecule has 3 atom stereocenters. The minimum absolute atomic E-state index is 0.00801. The topological polar surface area (TPSA) is 61.8 Å². The van der Waals surface area contributed by atoms with Crippen molar-refractivity contribution in [1.82, 2.24) is 10.2 Å². The zero-order valence-electron chi connectivity index (χ0n) is 21.6. The number of halogens is 2. The van der Waals surface area contributed by atoms with Crippen LogP contribution in [-0.4, -0.2) is 56.3 Å². The van der Waals surface area contributed by atoms with E-state index in [0.29, 0.717) is 39.0 Å². The number of nitrogens with zero attached hydrogens (tertiary/aromatic N) is 1. The van der Waals surface area contributed by atoms with Crippen molar-refractivity contribution in [2.75, 3.05) is 40.4 Å². The molecule has 194 valence electrons. The number of carbonyl (C=O) groups excluding carboxylic acids is 1. The maximum Gasteiger partial charge on any atom is 0.222 e. The van der Waals surface area contributed by atoms with E-state index in [1.165, 1.54) is 6.07 Å². The molecule has 0 aliphatic carbocycles. The highest BCUT2D eigenvalue weighted by Gasteiger charge is 2.43. The van der Waals surface area contributed by atoms with Gasteiger partial charge < -0.3 is 20.1 Å². The van der Waals surface area contributed by atoms with Crippen LogP contribution in [0.1, 0.15) is 71.3 Å². The molecular formula is C27H44ClFN2O3. The smallest absolute Gasteiger partial charge is 0.222 e. The van der Waals surface area contributed by atoms with Crippen LogP contribution in [-0.2, 0) is 15.1 Å². The lowest BCUT2D eigenvalue weighted by Crippen LogP contribution is -2.49.